The molecule has 1 fully saturated rings. The molecule has 0 spiro atoms. The van der Waals surface area contributed by atoms with E-state index in [1.165, 1.54) is 52.7 Å². The van der Waals surface area contributed by atoms with Crippen molar-refractivity contribution in [3.63, 3.8) is 0 Å². The number of nitrogens with one attached hydrogen (secondary N) is 1. The van der Waals surface area contributed by atoms with E-state index < -0.39 is 40.7 Å². The van der Waals surface area contributed by atoms with Crippen LogP contribution in [0.4, 0.5) is 23.2 Å². The fourth-order valence-corrected chi connectivity index (χ4v) is 4.17. The number of alkyl halides is 3. The summed E-state index contributed by atoms with van der Waals surface area (Å²) in [5.74, 6) is -1.66. The lowest BCUT2D eigenvalue weighted by atomic mass is 10.1. The molecule has 180 valence electrons. The summed E-state index contributed by atoms with van der Waals surface area (Å²) in [6.45, 7) is -0.148. The molecule has 4 heterocycles. The molecular weight excluding hydrogens is 492 g/mol. The number of aromatic nitrogens is 4. The molecule has 0 unspecified atom stereocenters. The monoisotopic (exact) mass is 506 g/mol. The summed E-state index contributed by atoms with van der Waals surface area (Å²) in [4.78, 5) is 32.3. The van der Waals surface area contributed by atoms with Crippen molar-refractivity contribution >= 4 is 34.7 Å². The second-order valence-corrected chi connectivity index (χ2v) is 8.18. The molecule has 8 nitrogen and oxygen atoms in total. The Hall–Kier alpha value is -3.93. The molecule has 1 N–H and O–H groups in total. The number of anilines is 1. The van der Waals surface area contributed by atoms with Crippen molar-refractivity contribution in [2.75, 3.05) is 24.5 Å². The molecule has 1 saturated heterocycles. The number of nitrogens with zero attached hydrogens (tertiary/aromatic N) is 5. The van der Waals surface area contributed by atoms with Crippen LogP contribution in [0.25, 0.3) is 16.8 Å². The first kappa shape index (κ1) is 22.8. The molecule has 13 heteroatoms. The number of hydrogen-bond donors (Lipinski definition) is 1. The molecule has 3 aromatic heterocycles. The molecule has 1 aliphatic heterocycles. The molecule has 0 bridgehead atoms. The van der Waals surface area contributed by atoms with Crippen molar-refractivity contribution < 1.29 is 27.2 Å². The summed E-state index contributed by atoms with van der Waals surface area (Å²) in [6, 6.07) is 6.22. The minimum absolute atomic E-state index is 0.0819. The first-order chi connectivity index (χ1) is 16.6. The van der Waals surface area contributed by atoms with Gasteiger partial charge in [0.2, 0.25) is 5.91 Å². The number of H-pyrrole nitrogens is 1. The number of aromatic amines is 1. The number of carbonyl (C=O) groups excluding carboxylic acids is 2. The van der Waals surface area contributed by atoms with Crippen LogP contribution in [-0.2, 0) is 11.0 Å². The molecule has 2 amide bonds. The summed E-state index contributed by atoms with van der Waals surface area (Å²) < 4.78 is 55.7. The van der Waals surface area contributed by atoms with Gasteiger partial charge in [-0.1, -0.05) is 11.6 Å². The minimum Gasteiger partial charge on any atom is -0.326 e. The van der Waals surface area contributed by atoms with Crippen LogP contribution >= 0.6 is 11.6 Å². The zero-order valence-electron chi connectivity index (χ0n) is 17.7. The highest BCUT2D eigenvalue weighted by atomic mass is 35.5. The van der Waals surface area contributed by atoms with E-state index in [2.05, 4.69) is 15.2 Å². The summed E-state index contributed by atoms with van der Waals surface area (Å²) in [7, 11) is 0. The van der Waals surface area contributed by atoms with Gasteiger partial charge in [0.25, 0.3) is 5.91 Å². The number of rotatable bonds is 3. The van der Waals surface area contributed by atoms with Gasteiger partial charge in [-0.25, -0.2) is 9.37 Å². The van der Waals surface area contributed by atoms with E-state index in [-0.39, 0.29) is 30.4 Å². The number of carbonyl (C=O) groups is 2. The zero-order valence-corrected chi connectivity index (χ0v) is 18.4. The summed E-state index contributed by atoms with van der Waals surface area (Å²) in [6.07, 6.45) is -0.666. The summed E-state index contributed by atoms with van der Waals surface area (Å²) in [5, 5.41) is 5.97. The number of pyridine rings is 1. The lowest BCUT2D eigenvalue weighted by molar-refractivity contribution is -0.136. The van der Waals surface area contributed by atoms with Gasteiger partial charge >= 0.3 is 6.18 Å². The van der Waals surface area contributed by atoms with Gasteiger partial charge < -0.3 is 9.80 Å². The van der Waals surface area contributed by atoms with E-state index in [1.54, 1.807) is 0 Å². The highest BCUT2D eigenvalue weighted by Gasteiger charge is 2.37. The fourth-order valence-electron chi connectivity index (χ4n) is 3.92. The zero-order chi connectivity index (χ0) is 24.9. The molecule has 35 heavy (non-hydrogen) atoms. The van der Waals surface area contributed by atoms with E-state index in [0.717, 1.165) is 10.5 Å². The second-order valence-electron chi connectivity index (χ2n) is 7.82. The largest absolute Gasteiger partial charge is 0.420 e. The Morgan fingerprint density at radius 1 is 1.11 bits per heavy atom. The average Bonchev–Trinajstić information content (AvgIpc) is 3.47. The van der Waals surface area contributed by atoms with Crippen molar-refractivity contribution in [3.8, 4) is 11.1 Å². The van der Waals surface area contributed by atoms with Gasteiger partial charge in [0.05, 0.1) is 11.8 Å². The lowest BCUT2D eigenvalue weighted by Gasteiger charge is -2.34. The molecule has 4 aromatic rings. The van der Waals surface area contributed by atoms with Gasteiger partial charge in [-0.2, -0.15) is 18.3 Å². The summed E-state index contributed by atoms with van der Waals surface area (Å²) in [5.41, 5.74) is -0.985. The first-order valence-electron chi connectivity index (χ1n) is 10.3. The van der Waals surface area contributed by atoms with Crippen LogP contribution in [0.15, 0.2) is 48.9 Å². The van der Waals surface area contributed by atoms with Crippen molar-refractivity contribution in [3.05, 3.63) is 71.2 Å². The van der Waals surface area contributed by atoms with Crippen molar-refractivity contribution in [1.82, 2.24) is 24.5 Å². The normalized spacial score (nSPS) is 14.7. The number of hydrogen-bond acceptors (Lipinski definition) is 4. The Kier molecular flexibility index (Phi) is 5.47. The maximum atomic E-state index is 13.8. The molecule has 0 atom stereocenters. The standard InChI is InChI=1S/C22H15ClF4N6O2/c23-19-18(21(35)31-5-6-32(17(34)11-31)15-3-1-14(24)2-4-15)30-20-16(22(25,26)27)7-12(10-33(19)20)13-8-28-29-9-13/h1-4,7-10H,5-6,11H2,(H,28,29). The number of fused-ring (bicyclic) bond motifs is 1. The van der Waals surface area contributed by atoms with Gasteiger partial charge in [-0.3, -0.25) is 19.1 Å². The van der Waals surface area contributed by atoms with Crippen LogP contribution in [-0.4, -0.2) is 55.9 Å². The molecule has 0 radical (unpaired) electrons. The van der Waals surface area contributed by atoms with Crippen molar-refractivity contribution in [2.24, 2.45) is 0 Å². The third-order valence-electron chi connectivity index (χ3n) is 5.65. The lowest BCUT2D eigenvalue weighted by Crippen LogP contribution is -2.52. The number of amides is 2. The van der Waals surface area contributed by atoms with E-state index in [9.17, 15) is 27.2 Å². The van der Waals surface area contributed by atoms with Gasteiger partial charge in [-0.05, 0) is 30.3 Å². The Labute approximate surface area is 199 Å². The van der Waals surface area contributed by atoms with Crippen LogP contribution in [0.1, 0.15) is 16.1 Å². The molecule has 1 aromatic carbocycles. The first-order valence-corrected chi connectivity index (χ1v) is 10.6. The number of imidazole rings is 1. The van der Waals surface area contributed by atoms with Crippen LogP contribution in [0.2, 0.25) is 5.15 Å². The van der Waals surface area contributed by atoms with Gasteiger partial charge in [-0.15, -0.1) is 0 Å². The predicted molar refractivity (Wildman–Crippen MR) is 117 cm³/mol. The van der Waals surface area contributed by atoms with Gasteiger partial charge in [0, 0.05) is 42.3 Å². The van der Waals surface area contributed by atoms with Crippen molar-refractivity contribution in [1.29, 1.82) is 0 Å². The smallest absolute Gasteiger partial charge is 0.326 e. The van der Waals surface area contributed by atoms with E-state index in [1.807, 2.05) is 0 Å². The van der Waals surface area contributed by atoms with E-state index >= 15 is 0 Å². The number of benzene rings is 1. The predicted octanol–water partition coefficient (Wildman–Crippen LogP) is 4.02. The van der Waals surface area contributed by atoms with Crippen LogP contribution in [0, 0.1) is 5.82 Å². The van der Waals surface area contributed by atoms with Gasteiger partial charge in [0.1, 0.15) is 17.5 Å². The topological polar surface area (TPSA) is 86.6 Å². The fraction of sp³-hybridized carbons (Fsp3) is 0.182. The maximum absolute atomic E-state index is 13.8. The van der Waals surface area contributed by atoms with Crippen LogP contribution < -0.4 is 4.90 Å². The Morgan fingerprint density at radius 2 is 1.86 bits per heavy atom. The maximum Gasteiger partial charge on any atom is 0.420 e. The molecule has 0 aliphatic carbocycles. The van der Waals surface area contributed by atoms with Crippen LogP contribution in [0.3, 0.4) is 0 Å². The minimum atomic E-state index is -4.77. The Morgan fingerprint density at radius 3 is 2.49 bits per heavy atom. The molecule has 5 rings (SSSR count). The average molecular weight is 507 g/mol. The van der Waals surface area contributed by atoms with Crippen molar-refractivity contribution in [2.45, 2.75) is 6.18 Å². The number of piperazine rings is 1. The molecule has 0 saturated carbocycles. The SMILES string of the molecule is O=C(c1nc2c(C(F)(F)F)cc(-c3cn[nH]c3)cn2c1Cl)N1CCN(c2ccc(F)cc2)C(=O)C1. The van der Waals surface area contributed by atoms with E-state index in [4.69, 9.17) is 11.6 Å². The van der Waals surface area contributed by atoms with E-state index in [0.29, 0.717) is 11.3 Å². The molecule has 1 aliphatic rings. The highest BCUT2D eigenvalue weighted by molar-refractivity contribution is 6.33. The third-order valence-corrected chi connectivity index (χ3v) is 6.01. The second kappa shape index (κ2) is 8.38. The molecular formula is C22H15ClF4N6O2. The third kappa shape index (κ3) is 4.09. The van der Waals surface area contributed by atoms with Crippen LogP contribution in [0.5, 0.6) is 0 Å². The highest BCUT2D eigenvalue weighted by Crippen LogP contribution is 2.37. The van der Waals surface area contributed by atoms with Gasteiger partial charge in [0.15, 0.2) is 11.3 Å². The quantitative estimate of drug-likeness (QED) is 0.425. The Balaban J connectivity index is 1.48. The Bertz CT molecular complexity index is 1430. The summed E-state index contributed by atoms with van der Waals surface area (Å²) >= 11 is 6.33. The number of halogens is 5.